The van der Waals surface area contributed by atoms with Crippen molar-refractivity contribution in [3.05, 3.63) is 23.8 Å². The highest BCUT2D eigenvalue weighted by molar-refractivity contribution is 5.93. The molecule has 1 rings (SSSR count). The number of phenols is 1. The Morgan fingerprint density at radius 1 is 0.781 bits per heavy atom. The van der Waals surface area contributed by atoms with Gasteiger partial charge >= 0.3 is 12.1 Å². The zero-order valence-electron chi connectivity index (χ0n) is 19.9. The van der Waals surface area contributed by atoms with Crippen molar-refractivity contribution in [2.24, 2.45) is 0 Å². The van der Waals surface area contributed by atoms with Crippen LogP contribution in [0.3, 0.4) is 0 Å². The highest BCUT2D eigenvalue weighted by Gasteiger charge is 2.11. The van der Waals surface area contributed by atoms with Crippen LogP contribution in [0.1, 0.15) is 120 Å². The number of carboxylic acid groups (broad SMARTS) is 1. The van der Waals surface area contributed by atoms with E-state index in [1.165, 1.54) is 102 Å². The average Bonchev–Trinajstić information content (AvgIpc) is 2.77. The fourth-order valence-corrected chi connectivity index (χ4v) is 3.75. The molecule has 0 unspecified atom stereocenters. The first-order valence-electron chi connectivity index (χ1n) is 12.5. The number of anilines is 1. The molecule has 6 nitrogen and oxygen atoms in total. The number of hydrogen-bond acceptors (Lipinski definition) is 4. The summed E-state index contributed by atoms with van der Waals surface area (Å²) in [6.45, 7) is 2.60. The van der Waals surface area contributed by atoms with Gasteiger partial charge in [0.15, 0.2) is 0 Å². The lowest BCUT2D eigenvalue weighted by Crippen LogP contribution is -2.14. The number of rotatable bonds is 19. The van der Waals surface area contributed by atoms with Gasteiger partial charge < -0.3 is 14.9 Å². The number of benzene rings is 1. The van der Waals surface area contributed by atoms with E-state index >= 15 is 0 Å². The number of hydrogen-bond donors (Lipinski definition) is 3. The standard InChI is InChI=1S/C26H43NO5/c1-2-3-4-5-6-7-8-9-10-11-12-13-14-15-16-17-20-32-26(31)27-22-18-19-24(28)23(21-22)25(29)30/h18-19,21,28H,2-17,20H2,1H3,(H,27,31)(H,29,30). The largest absolute Gasteiger partial charge is 0.507 e. The Kier molecular flexibility index (Phi) is 15.9. The molecule has 0 fully saturated rings. The molecule has 1 aromatic rings. The van der Waals surface area contributed by atoms with Gasteiger partial charge in [-0.3, -0.25) is 5.32 Å². The molecule has 0 aliphatic heterocycles. The highest BCUT2D eigenvalue weighted by atomic mass is 16.5. The number of carbonyl (C=O) groups excluding carboxylic acids is 1. The monoisotopic (exact) mass is 449 g/mol. The van der Waals surface area contributed by atoms with Crippen LogP contribution >= 0.6 is 0 Å². The first-order chi connectivity index (χ1) is 15.5. The molecule has 32 heavy (non-hydrogen) atoms. The third-order valence-electron chi connectivity index (χ3n) is 5.70. The summed E-state index contributed by atoms with van der Waals surface area (Å²) in [4.78, 5) is 22.8. The summed E-state index contributed by atoms with van der Waals surface area (Å²) in [5.41, 5.74) is 0.0118. The summed E-state index contributed by atoms with van der Waals surface area (Å²) in [5.74, 6) is -1.60. The van der Waals surface area contributed by atoms with Crippen molar-refractivity contribution in [2.75, 3.05) is 11.9 Å². The van der Waals surface area contributed by atoms with Gasteiger partial charge in [-0.1, -0.05) is 103 Å². The Morgan fingerprint density at radius 2 is 1.25 bits per heavy atom. The molecule has 0 bridgehead atoms. The van der Waals surface area contributed by atoms with E-state index in [1.807, 2.05) is 0 Å². The quantitative estimate of drug-likeness (QED) is 0.147. The number of aromatic carboxylic acids is 1. The van der Waals surface area contributed by atoms with E-state index in [-0.39, 0.29) is 17.0 Å². The summed E-state index contributed by atoms with van der Waals surface area (Å²) in [6, 6.07) is 3.86. The minimum atomic E-state index is -1.26. The number of carboxylic acids is 1. The van der Waals surface area contributed by atoms with E-state index < -0.39 is 12.1 Å². The molecule has 182 valence electrons. The maximum Gasteiger partial charge on any atom is 0.411 e. The smallest absolute Gasteiger partial charge is 0.411 e. The number of aromatic hydroxyl groups is 1. The first kappa shape index (κ1) is 27.8. The van der Waals surface area contributed by atoms with Crippen LogP contribution in [0, 0.1) is 0 Å². The Balaban J connectivity index is 1.90. The van der Waals surface area contributed by atoms with Gasteiger partial charge in [0.25, 0.3) is 0 Å². The second kappa shape index (κ2) is 18.3. The van der Waals surface area contributed by atoms with Gasteiger partial charge in [0, 0.05) is 5.69 Å². The minimum absolute atomic E-state index is 0.263. The zero-order chi connectivity index (χ0) is 23.4. The highest BCUT2D eigenvalue weighted by Crippen LogP contribution is 2.21. The Labute approximate surface area is 193 Å². The fraction of sp³-hybridized carbons (Fsp3) is 0.692. The van der Waals surface area contributed by atoms with Crippen molar-refractivity contribution in [2.45, 2.75) is 110 Å². The number of carbonyl (C=O) groups is 2. The lowest BCUT2D eigenvalue weighted by molar-refractivity contribution is 0.0693. The molecule has 1 amide bonds. The van der Waals surface area contributed by atoms with E-state index in [0.717, 1.165) is 19.3 Å². The predicted octanol–water partition coefficient (Wildman–Crippen LogP) is 7.90. The summed E-state index contributed by atoms with van der Waals surface area (Å²) in [7, 11) is 0. The fourth-order valence-electron chi connectivity index (χ4n) is 3.75. The molecule has 0 spiro atoms. The maximum atomic E-state index is 11.8. The second-order valence-corrected chi connectivity index (χ2v) is 8.60. The second-order valence-electron chi connectivity index (χ2n) is 8.60. The van der Waals surface area contributed by atoms with Crippen LogP contribution in [0.4, 0.5) is 10.5 Å². The van der Waals surface area contributed by atoms with Crippen molar-refractivity contribution in [3.8, 4) is 5.75 Å². The van der Waals surface area contributed by atoms with E-state index in [9.17, 15) is 14.7 Å². The maximum absolute atomic E-state index is 11.8. The molecular weight excluding hydrogens is 406 g/mol. The van der Waals surface area contributed by atoms with Crippen LogP contribution in [0.25, 0.3) is 0 Å². The lowest BCUT2D eigenvalue weighted by atomic mass is 10.0. The number of ether oxygens (including phenoxy) is 1. The van der Waals surface area contributed by atoms with Gasteiger partial charge in [-0.2, -0.15) is 0 Å². The Bertz CT molecular complexity index is 647. The van der Waals surface area contributed by atoms with Crippen molar-refractivity contribution in [1.29, 1.82) is 0 Å². The molecule has 0 aliphatic carbocycles. The third-order valence-corrected chi connectivity index (χ3v) is 5.70. The van der Waals surface area contributed by atoms with Gasteiger partial charge in [-0.05, 0) is 24.6 Å². The minimum Gasteiger partial charge on any atom is -0.507 e. The van der Waals surface area contributed by atoms with Crippen LogP contribution < -0.4 is 5.32 Å². The molecule has 0 heterocycles. The SMILES string of the molecule is CCCCCCCCCCCCCCCCCCOC(=O)Nc1ccc(O)c(C(=O)O)c1. The van der Waals surface area contributed by atoms with Crippen molar-refractivity contribution in [3.63, 3.8) is 0 Å². The van der Waals surface area contributed by atoms with Crippen LogP contribution in [0.15, 0.2) is 18.2 Å². The molecule has 1 aromatic carbocycles. The van der Waals surface area contributed by atoms with Gasteiger partial charge in [-0.15, -0.1) is 0 Å². The normalized spacial score (nSPS) is 10.8. The van der Waals surface area contributed by atoms with Crippen LogP contribution in [-0.4, -0.2) is 28.9 Å². The third kappa shape index (κ3) is 13.9. The molecule has 3 N–H and O–H groups in total. The Hall–Kier alpha value is -2.24. The summed E-state index contributed by atoms with van der Waals surface area (Å²) in [6.07, 6.45) is 20.1. The summed E-state index contributed by atoms with van der Waals surface area (Å²) >= 11 is 0. The molecule has 6 heteroatoms. The van der Waals surface area contributed by atoms with Crippen molar-refractivity contribution >= 4 is 17.7 Å². The van der Waals surface area contributed by atoms with Crippen LogP contribution in [0.2, 0.25) is 0 Å². The van der Waals surface area contributed by atoms with Gasteiger partial charge in [-0.25, -0.2) is 9.59 Å². The van der Waals surface area contributed by atoms with E-state index in [1.54, 1.807) is 0 Å². The van der Waals surface area contributed by atoms with Crippen LogP contribution in [-0.2, 0) is 4.74 Å². The summed E-state index contributed by atoms with van der Waals surface area (Å²) < 4.78 is 5.14. The molecular formula is C26H43NO5. The van der Waals surface area contributed by atoms with Gasteiger partial charge in [0.1, 0.15) is 11.3 Å². The van der Waals surface area contributed by atoms with Crippen LogP contribution in [0.5, 0.6) is 5.75 Å². The average molecular weight is 450 g/mol. The molecule has 0 saturated carbocycles. The zero-order valence-corrected chi connectivity index (χ0v) is 19.9. The topological polar surface area (TPSA) is 95.9 Å². The molecule has 0 atom stereocenters. The van der Waals surface area contributed by atoms with Crippen molar-refractivity contribution in [1.82, 2.24) is 0 Å². The predicted molar refractivity (Wildman–Crippen MR) is 130 cm³/mol. The molecule has 0 radical (unpaired) electrons. The van der Waals surface area contributed by atoms with E-state index in [4.69, 9.17) is 9.84 Å². The van der Waals surface area contributed by atoms with Gasteiger partial charge in [0.05, 0.1) is 6.61 Å². The number of amides is 1. The Morgan fingerprint density at radius 3 is 1.72 bits per heavy atom. The first-order valence-corrected chi connectivity index (χ1v) is 12.5. The van der Waals surface area contributed by atoms with Gasteiger partial charge in [0.2, 0.25) is 0 Å². The van der Waals surface area contributed by atoms with E-state index in [2.05, 4.69) is 12.2 Å². The summed E-state index contributed by atoms with van der Waals surface area (Å²) in [5, 5.41) is 21.0. The number of unbranched alkanes of at least 4 members (excludes halogenated alkanes) is 15. The van der Waals surface area contributed by atoms with Crippen molar-refractivity contribution < 1.29 is 24.5 Å². The number of nitrogens with one attached hydrogen (secondary N) is 1. The van der Waals surface area contributed by atoms with E-state index in [0.29, 0.717) is 6.61 Å². The molecule has 0 aliphatic rings. The molecule has 0 aromatic heterocycles. The molecule has 0 saturated heterocycles. The lowest BCUT2D eigenvalue weighted by Gasteiger charge is -2.08.